The lowest BCUT2D eigenvalue weighted by atomic mass is 10.1. The average Bonchev–Trinajstić information content (AvgIpc) is 3.37. The zero-order chi connectivity index (χ0) is 19.1. The van der Waals surface area contributed by atoms with Crippen LogP contribution in [0.15, 0.2) is 65.3 Å². The number of rotatable bonds is 3. The van der Waals surface area contributed by atoms with Crippen molar-refractivity contribution in [2.75, 3.05) is 16.8 Å². The SMILES string of the molecule is Cc1ccc(N2CCn3c(nc4ccccc43)C2)cc1NC(=O)c1ccco1. The standard InChI is InChI=1S/C22H20N4O2/c1-15-8-9-16(13-18(15)24-22(27)20-7-4-12-28-20)25-10-11-26-19-6-3-2-5-17(19)23-21(26)14-25/h2-9,12-13H,10-11,14H2,1H3,(H,24,27). The zero-order valence-electron chi connectivity index (χ0n) is 15.6. The van der Waals surface area contributed by atoms with Crippen LogP contribution < -0.4 is 10.2 Å². The Hall–Kier alpha value is -3.54. The van der Waals surface area contributed by atoms with Crippen LogP contribution >= 0.6 is 0 Å². The summed E-state index contributed by atoms with van der Waals surface area (Å²) in [7, 11) is 0. The quantitative estimate of drug-likeness (QED) is 0.585. The van der Waals surface area contributed by atoms with Crippen LogP contribution in [0.3, 0.4) is 0 Å². The van der Waals surface area contributed by atoms with Gasteiger partial charge < -0.3 is 19.2 Å². The lowest BCUT2D eigenvalue weighted by Gasteiger charge is -2.30. The molecule has 6 heteroatoms. The van der Waals surface area contributed by atoms with Gasteiger partial charge in [-0.3, -0.25) is 4.79 Å². The van der Waals surface area contributed by atoms with E-state index < -0.39 is 0 Å². The Labute approximate surface area is 162 Å². The van der Waals surface area contributed by atoms with Gasteiger partial charge in [-0.1, -0.05) is 18.2 Å². The summed E-state index contributed by atoms with van der Waals surface area (Å²) in [6.07, 6.45) is 1.50. The predicted octanol–water partition coefficient (Wildman–Crippen LogP) is 4.21. The minimum Gasteiger partial charge on any atom is -0.459 e. The van der Waals surface area contributed by atoms with E-state index in [-0.39, 0.29) is 5.91 Å². The molecule has 0 spiro atoms. The number of amides is 1. The van der Waals surface area contributed by atoms with E-state index in [1.165, 1.54) is 11.8 Å². The van der Waals surface area contributed by atoms with Crippen molar-refractivity contribution in [3.05, 3.63) is 78.0 Å². The Morgan fingerprint density at radius 3 is 2.86 bits per heavy atom. The second kappa shape index (κ2) is 6.56. The number of nitrogens with zero attached hydrogens (tertiary/aromatic N) is 3. The number of aryl methyl sites for hydroxylation is 1. The number of para-hydroxylation sites is 2. The van der Waals surface area contributed by atoms with Crippen molar-refractivity contribution in [3.8, 4) is 0 Å². The van der Waals surface area contributed by atoms with Gasteiger partial charge in [0.15, 0.2) is 5.76 Å². The number of hydrogen-bond acceptors (Lipinski definition) is 4. The van der Waals surface area contributed by atoms with Crippen molar-refractivity contribution in [3.63, 3.8) is 0 Å². The van der Waals surface area contributed by atoms with E-state index in [1.54, 1.807) is 12.1 Å². The lowest BCUT2D eigenvalue weighted by molar-refractivity contribution is 0.0996. The smallest absolute Gasteiger partial charge is 0.291 e. The van der Waals surface area contributed by atoms with Gasteiger partial charge in [0.25, 0.3) is 5.91 Å². The highest BCUT2D eigenvalue weighted by Crippen LogP contribution is 2.28. The van der Waals surface area contributed by atoms with Gasteiger partial charge in [-0.15, -0.1) is 0 Å². The fraction of sp³-hybridized carbons (Fsp3) is 0.182. The van der Waals surface area contributed by atoms with Gasteiger partial charge in [0.05, 0.1) is 23.8 Å². The van der Waals surface area contributed by atoms with Gasteiger partial charge in [0.1, 0.15) is 5.82 Å². The highest BCUT2D eigenvalue weighted by atomic mass is 16.3. The summed E-state index contributed by atoms with van der Waals surface area (Å²) in [6, 6.07) is 17.8. The second-order valence-corrected chi connectivity index (χ2v) is 7.02. The molecular weight excluding hydrogens is 352 g/mol. The third-order valence-electron chi connectivity index (χ3n) is 5.24. The average molecular weight is 372 g/mol. The maximum Gasteiger partial charge on any atom is 0.291 e. The number of nitrogens with one attached hydrogen (secondary N) is 1. The molecule has 4 aromatic rings. The van der Waals surface area contributed by atoms with Crippen LogP contribution in [-0.2, 0) is 13.1 Å². The topological polar surface area (TPSA) is 63.3 Å². The molecule has 0 saturated heterocycles. The normalized spacial score (nSPS) is 13.5. The lowest BCUT2D eigenvalue weighted by Crippen LogP contribution is -2.33. The Balaban J connectivity index is 1.41. The molecule has 1 aliphatic rings. The van der Waals surface area contributed by atoms with Crippen LogP contribution in [0.4, 0.5) is 11.4 Å². The first-order valence-corrected chi connectivity index (χ1v) is 9.33. The summed E-state index contributed by atoms with van der Waals surface area (Å²) in [5.41, 5.74) is 5.09. The Bertz CT molecular complexity index is 1160. The van der Waals surface area contributed by atoms with E-state index in [4.69, 9.17) is 9.40 Å². The molecule has 1 amide bonds. The van der Waals surface area contributed by atoms with Crippen LogP contribution in [0, 0.1) is 6.92 Å². The largest absolute Gasteiger partial charge is 0.459 e. The number of fused-ring (bicyclic) bond motifs is 3. The first kappa shape index (κ1) is 16.6. The molecule has 5 rings (SSSR count). The number of hydrogen-bond donors (Lipinski definition) is 1. The first-order chi connectivity index (χ1) is 13.7. The van der Waals surface area contributed by atoms with Crippen molar-refractivity contribution < 1.29 is 9.21 Å². The van der Waals surface area contributed by atoms with Crippen LogP contribution in [0.2, 0.25) is 0 Å². The fourth-order valence-corrected chi connectivity index (χ4v) is 3.72. The number of carbonyl (C=O) groups is 1. The minimum atomic E-state index is -0.245. The number of imidazole rings is 1. The van der Waals surface area contributed by atoms with Crippen molar-refractivity contribution >= 4 is 28.3 Å². The molecule has 0 aliphatic carbocycles. The number of furan rings is 1. The molecule has 2 aromatic heterocycles. The molecule has 0 atom stereocenters. The zero-order valence-corrected chi connectivity index (χ0v) is 15.6. The molecule has 0 unspecified atom stereocenters. The molecule has 3 heterocycles. The second-order valence-electron chi connectivity index (χ2n) is 7.02. The van der Waals surface area contributed by atoms with E-state index in [9.17, 15) is 4.79 Å². The third kappa shape index (κ3) is 2.83. The summed E-state index contributed by atoms with van der Waals surface area (Å²) in [5, 5.41) is 2.95. The summed E-state index contributed by atoms with van der Waals surface area (Å²) in [5.74, 6) is 1.12. The van der Waals surface area contributed by atoms with Crippen molar-refractivity contribution in [1.82, 2.24) is 9.55 Å². The molecule has 0 bridgehead atoms. The van der Waals surface area contributed by atoms with E-state index in [0.29, 0.717) is 5.76 Å². The monoisotopic (exact) mass is 372 g/mol. The summed E-state index contributed by atoms with van der Waals surface area (Å²) >= 11 is 0. The molecule has 28 heavy (non-hydrogen) atoms. The molecule has 1 aliphatic heterocycles. The summed E-state index contributed by atoms with van der Waals surface area (Å²) in [6.45, 7) is 4.50. The van der Waals surface area contributed by atoms with Gasteiger partial charge in [0, 0.05) is 24.5 Å². The molecule has 2 aromatic carbocycles. The molecule has 0 radical (unpaired) electrons. The molecule has 0 fully saturated rings. The first-order valence-electron chi connectivity index (χ1n) is 9.33. The number of benzene rings is 2. The number of anilines is 2. The Kier molecular flexibility index (Phi) is 3.90. The van der Waals surface area contributed by atoms with E-state index in [1.807, 2.05) is 25.1 Å². The van der Waals surface area contributed by atoms with Gasteiger partial charge in [-0.2, -0.15) is 0 Å². The highest BCUT2D eigenvalue weighted by Gasteiger charge is 2.21. The van der Waals surface area contributed by atoms with Gasteiger partial charge in [-0.05, 0) is 48.9 Å². The fourth-order valence-electron chi connectivity index (χ4n) is 3.72. The molecule has 0 saturated carbocycles. The molecule has 140 valence electrons. The van der Waals surface area contributed by atoms with E-state index in [0.717, 1.165) is 47.9 Å². The van der Waals surface area contributed by atoms with Crippen LogP contribution in [0.1, 0.15) is 21.9 Å². The van der Waals surface area contributed by atoms with Crippen LogP contribution in [0.25, 0.3) is 11.0 Å². The maximum atomic E-state index is 12.3. The molecule has 6 nitrogen and oxygen atoms in total. The third-order valence-corrected chi connectivity index (χ3v) is 5.24. The minimum absolute atomic E-state index is 0.245. The Morgan fingerprint density at radius 2 is 2.00 bits per heavy atom. The van der Waals surface area contributed by atoms with Gasteiger partial charge in [-0.25, -0.2) is 4.98 Å². The van der Waals surface area contributed by atoms with Crippen molar-refractivity contribution in [1.29, 1.82) is 0 Å². The number of aromatic nitrogens is 2. The van der Waals surface area contributed by atoms with E-state index >= 15 is 0 Å². The van der Waals surface area contributed by atoms with Crippen LogP contribution in [-0.4, -0.2) is 22.0 Å². The maximum absolute atomic E-state index is 12.3. The van der Waals surface area contributed by atoms with Gasteiger partial charge in [0.2, 0.25) is 0 Å². The summed E-state index contributed by atoms with van der Waals surface area (Å²) < 4.78 is 7.48. The number of carbonyl (C=O) groups excluding carboxylic acids is 1. The highest BCUT2D eigenvalue weighted by molar-refractivity contribution is 6.02. The predicted molar refractivity (Wildman–Crippen MR) is 109 cm³/mol. The van der Waals surface area contributed by atoms with Gasteiger partial charge >= 0.3 is 0 Å². The molecular formula is C22H20N4O2. The van der Waals surface area contributed by atoms with Crippen LogP contribution in [0.5, 0.6) is 0 Å². The van der Waals surface area contributed by atoms with Crippen molar-refractivity contribution in [2.45, 2.75) is 20.0 Å². The molecule has 1 N–H and O–H groups in total. The van der Waals surface area contributed by atoms with E-state index in [2.05, 4.69) is 39.0 Å². The van der Waals surface area contributed by atoms with Crippen molar-refractivity contribution in [2.24, 2.45) is 0 Å². The Morgan fingerprint density at radius 1 is 1.11 bits per heavy atom. The summed E-state index contributed by atoms with van der Waals surface area (Å²) in [4.78, 5) is 19.4.